The highest BCUT2D eigenvalue weighted by Gasteiger charge is 2.33. The number of rotatable bonds is 5. The molecule has 0 bridgehead atoms. The number of hydrogen-bond donors (Lipinski definition) is 1. The van der Waals surface area contributed by atoms with E-state index in [1.165, 1.54) is 11.0 Å². The Morgan fingerprint density at radius 3 is 2.14 bits per heavy atom. The SMILES string of the molecule is C=CC(=O)N(c1ccc(C(C)(C)C)cc1)C(C(=O)NC(C)(C)C)c1cccnc1. The van der Waals surface area contributed by atoms with Crippen molar-refractivity contribution in [2.45, 2.75) is 58.5 Å². The third kappa shape index (κ3) is 5.76. The monoisotopic (exact) mass is 393 g/mol. The maximum Gasteiger partial charge on any atom is 0.251 e. The van der Waals surface area contributed by atoms with E-state index in [0.717, 1.165) is 5.56 Å². The minimum atomic E-state index is -0.867. The average Bonchev–Trinajstić information content (AvgIpc) is 2.64. The lowest BCUT2D eigenvalue weighted by Crippen LogP contribution is -2.49. The quantitative estimate of drug-likeness (QED) is 0.758. The van der Waals surface area contributed by atoms with Crippen molar-refractivity contribution < 1.29 is 9.59 Å². The Bertz CT molecular complexity index is 860. The molecule has 1 aromatic heterocycles. The van der Waals surface area contributed by atoms with Gasteiger partial charge in [-0.15, -0.1) is 0 Å². The lowest BCUT2D eigenvalue weighted by Gasteiger charge is -2.33. The van der Waals surface area contributed by atoms with E-state index in [4.69, 9.17) is 0 Å². The van der Waals surface area contributed by atoms with Crippen LogP contribution in [0.25, 0.3) is 0 Å². The fourth-order valence-corrected chi connectivity index (χ4v) is 3.02. The van der Waals surface area contributed by atoms with Gasteiger partial charge in [0.25, 0.3) is 5.91 Å². The lowest BCUT2D eigenvalue weighted by atomic mass is 9.87. The van der Waals surface area contributed by atoms with E-state index in [9.17, 15) is 9.59 Å². The van der Waals surface area contributed by atoms with Crippen LogP contribution in [0.2, 0.25) is 0 Å². The van der Waals surface area contributed by atoms with Gasteiger partial charge in [0.15, 0.2) is 0 Å². The molecule has 1 heterocycles. The second-order valence-electron chi connectivity index (χ2n) is 9.14. The highest BCUT2D eigenvalue weighted by Crippen LogP contribution is 2.31. The Balaban J connectivity index is 2.58. The van der Waals surface area contributed by atoms with Gasteiger partial charge in [0, 0.05) is 29.2 Å². The van der Waals surface area contributed by atoms with Crippen LogP contribution >= 0.6 is 0 Å². The first-order chi connectivity index (χ1) is 13.4. The molecule has 2 rings (SSSR count). The van der Waals surface area contributed by atoms with Crippen molar-refractivity contribution in [3.63, 3.8) is 0 Å². The van der Waals surface area contributed by atoms with Gasteiger partial charge in [-0.2, -0.15) is 0 Å². The zero-order chi connectivity index (χ0) is 21.8. The van der Waals surface area contributed by atoms with Crippen molar-refractivity contribution in [3.8, 4) is 0 Å². The molecule has 5 heteroatoms. The number of nitrogens with zero attached hydrogens (tertiary/aromatic N) is 2. The summed E-state index contributed by atoms with van der Waals surface area (Å²) in [6, 6.07) is 10.4. The summed E-state index contributed by atoms with van der Waals surface area (Å²) in [7, 11) is 0. The standard InChI is InChI=1S/C24H31N3O2/c1-8-20(28)27(19-13-11-18(12-14-19)23(2,3)4)21(17-10-9-15-25-16-17)22(29)26-24(5,6)7/h8-16,21H,1H2,2-7H3,(H,26,29). The molecule has 154 valence electrons. The minimum Gasteiger partial charge on any atom is -0.349 e. The summed E-state index contributed by atoms with van der Waals surface area (Å²) < 4.78 is 0. The van der Waals surface area contributed by atoms with Gasteiger partial charge in [0.05, 0.1) is 0 Å². The summed E-state index contributed by atoms with van der Waals surface area (Å²) >= 11 is 0. The van der Waals surface area contributed by atoms with Crippen LogP contribution in [0.1, 0.15) is 58.7 Å². The van der Waals surface area contributed by atoms with Crippen molar-refractivity contribution in [1.82, 2.24) is 10.3 Å². The first-order valence-corrected chi connectivity index (χ1v) is 9.72. The lowest BCUT2D eigenvalue weighted by molar-refractivity contribution is -0.126. The summed E-state index contributed by atoms with van der Waals surface area (Å²) in [5, 5.41) is 2.99. The second kappa shape index (κ2) is 8.60. The van der Waals surface area contributed by atoms with Crippen molar-refractivity contribution in [2.24, 2.45) is 0 Å². The van der Waals surface area contributed by atoms with Gasteiger partial charge in [-0.05, 0) is 56.0 Å². The van der Waals surface area contributed by atoms with Crippen LogP contribution < -0.4 is 10.2 Å². The molecular formula is C24H31N3O2. The third-order valence-corrected chi connectivity index (χ3v) is 4.43. The van der Waals surface area contributed by atoms with Gasteiger partial charge in [-0.3, -0.25) is 19.5 Å². The summed E-state index contributed by atoms with van der Waals surface area (Å²) in [6.45, 7) is 15.7. The smallest absolute Gasteiger partial charge is 0.251 e. The molecule has 0 fully saturated rings. The molecule has 2 amide bonds. The number of benzene rings is 1. The van der Waals surface area contributed by atoms with Crippen LogP contribution in [-0.2, 0) is 15.0 Å². The number of aromatic nitrogens is 1. The molecule has 1 atom stereocenters. The molecule has 0 aliphatic heterocycles. The topological polar surface area (TPSA) is 62.3 Å². The van der Waals surface area contributed by atoms with E-state index < -0.39 is 11.6 Å². The van der Waals surface area contributed by atoms with E-state index >= 15 is 0 Å². The van der Waals surface area contributed by atoms with Crippen molar-refractivity contribution >= 4 is 17.5 Å². The van der Waals surface area contributed by atoms with Gasteiger partial charge in [-0.1, -0.05) is 45.5 Å². The first-order valence-electron chi connectivity index (χ1n) is 9.72. The molecule has 0 saturated heterocycles. The summed E-state index contributed by atoms with van der Waals surface area (Å²) in [4.78, 5) is 31.8. The number of amides is 2. The van der Waals surface area contributed by atoms with Gasteiger partial charge < -0.3 is 5.32 Å². The Kier molecular flexibility index (Phi) is 6.62. The Labute approximate surface area is 173 Å². The fraction of sp³-hybridized carbons (Fsp3) is 0.375. The normalized spacial score (nSPS) is 12.8. The first kappa shape index (κ1) is 22.3. The van der Waals surface area contributed by atoms with Gasteiger partial charge in [0.1, 0.15) is 6.04 Å². The summed E-state index contributed by atoms with van der Waals surface area (Å²) in [6.07, 6.45) is 4.48. The van der Waals surface area contributed by atoms with Crippen molar-refractivity contribution in [1.29, 1.82) is 0 Å². The molecule has 29 heavy (non-hydrogen) atoms. The molecule has 1 aromatic carbocycles. The van der Waals surface area contributed by atoms with E-state index in [1.54, 1.807) is 24.5 Å². The number of hydrogen-bond acceptors (Lipinski definition) is 3. The zero-order valence-corrected chi connectivity index (χ0v) is 18.2. The third-order valence-electron chi connectivity index (χ3n) is 4.43. The average molecular weight is 394 g/mol. The predicted molar refractivity (Wildman–Crippen MR) is 118 cm³/mol. The molecular weight excluding hydrogens is 362 g/mol. The molecule has 1 N–H and O–H groups in total. The van der Waals surface area contributed by atoms with Gasteiger partial charge >= 0.3 is 0 Å². The Hall–Kier alpha value is -2.95. The number of nitrogens with one attached hydrogen (secondary N) is 1. The van der Waals surface area contributed by atoms with Crippen molar-refractivity contribution in [2.75, 3.05) is 4.90 Å². The Morgan fingerprint density at radius 2 is 1.69 bits per heavy atom. The second-order valence-corrected chi connectivity index (χ2v) is 9.14. The summed E-state index contributed by atoms with van der Waals surface area (Å²) in [5.41, 5.74) is 1.93. The number of carbonyl (C=O) groups is 2. The summed E-state index contributed by atoms with van der Waals surface area (Å²) in [5.74, 6) is -0.632. The molecule has 0 radical (unpaired) electrons. The largest absolute Gasteiger partial charge is 0.349 e. The molecule has 1 unspecified atom stereocenters. The zero-order valence-electron chi connectivity index (χ0n) is 18.2. The Morgan fingerprint density at radius 1 is 1.07 bits per heavy atom. The molecule has 5 nitrogen and oxygen atoms in total. The van der Waals surface area contributed by atoms with Crippen LogP contribution in [0.5, 0.6) is 0 Å². The van der Waals surface area contributed by atoms with Crippen LogP contribution in [0, 0.1) is 0 Å². The van der Waals surface area contributed by atoms with Crippen molar-refractivity contribution in [3.05, 3.63) is 72.6 Å². The van der Waals surface area contributed by atoms with E-state index in [0.29, 0.717) is 11.3 Å². The molecule has 0 aliphatic rings. The van der Waals surface area contributed by atoms with Crippen LogP contribution in [0.4, 0.5) is 5.69 Å². The van der Waals surface area contributed by atoms with E-state index in [2.05, 4.69) is 37.7 Å². The van der Waals surface area contributed by atoms with E-state index in [1.807, 2.05) is 45.0 Å². The highest BCUT2D eigenvalue weighted by molar-refractivity contribution is 6.06. The van der Waals surface area contributed by atoms with Crippen LogP contribution in [0.15, 0.2) is 61.4 Å². The predicted octanol–water partition coefficient (Wildman–Crippen LogP) is 4.55. The fourth-order valence-electron chi connectivity index (χ4n) is 3.02. The number of anilines is 1. The van der Waals surface area contributed by atoms with Crippen LogP contribution in [0.3, 0.4) is 0 Å². The molecule has 0 saturated carbocycles. The molecule has 0 aliphatic carbocycles. The maximum atomic E-state index is 13.3. The van der Waals surface area contributed by atoms with Crippen LogP contribution in [-0.4, -0.2) is 22.3 Å². The van der Waals surface area contributed by atoms with Gasteiger partial charge in [0.2, 0.25) is 5.91 Å². The van der Waals surface area contributed by atoms with Gasteiger partial charge in [-0.25, -0.2) is 0 Å². The number of pyridine rings is 1. The molecule has 2 aromatic rings. The van der Waals surface area contributed by atoms with E-state index in [-0.39, 0.29) is 17.2 Å². The number of carbonyl (C=O) groups excluding carboxylic acids is 2. The highest BCUT2D eigenvalue weighted by atomic mass is 16.2. The minimum absolute atomic E-state index is 0.0157. The molecule has 0 spiro atoms. The maximum absolute atomic E-state index is 13.3.